The largest absolute Gasteiger partial charge is 0.286 e. The Morgan fingerprint density at radius 1 is 1.12 bits per heavy atom. The molecular formula is C20H22N4O2. The van der Waals surface area contributed by atoms with Crippen LogP contribution in [0.15, 0.2) is 53.3 Å². The number of hydrogen-bond donors (Lipinski definition) is 1. The number of aryl methyl sites for hydroxylation is 2. The van der Waals surface area contributed by atoms with Gasteiger partial charge in [0, 0.05) is 19.0 Å². The molecule has 0 saturated heterocycles. The first kappa shape index (κ1) is 17.7. The molecular weight excluding hydrogens is 328 g/mol. The second-order valence-corrected chi connectivity index (χ2v) is 6.21. The number of nitrogens with zero attached hydrogens (tertiary/aromatic N) is 3. The molecule has 0 saturated carbocycles. The maximum Gasteiger partial charge on any atom is 0.274 e. The van der Waals surface area contributed by atoms with Crippen LogP contribution in [0, 0.1) is 6.92 Å². The van der Waals surface area contributed by atoms with Crippen molar-refractivity contribution in [2.45, 2.75) is 20.3 Å². The summed E-state index contributed by atoms with van der Waals surface area (Å²) in [7, 11) is 1.60. The van der Waals surface area contributed by atoms with E-state index in [-0.39, 0.29) is 17.9 Å². The summed E-state index contributed by atoms with van der Waals surface area (Å²) in [6.45, 7) is 4.63. The van der Waals surface area contributed by atoms with Crippen molar-refractivity contribution < 1.29 is 4.79 Å². The summed E-state index contributed by atoms with van der Waals surface area (Å²) < 4.78 is 1.28. The zero-order valence-electron chi connectivity index (χ0n) is 15.2. The second kappa shape index (κ2) is 7.39. The van der Waals surface area contributed by atoms with Crippen LogP contribution >= 0.6 is 0 Å². The van der Waals surface area contributed by atoms with Gasteiger partial charge in [0.2, 0.25) is 5.91 Å². The maximum absolute atomic E-state index is 12.6. The number of carbonyl (C=O) groups excluding carboxylic acids is 1. The van der Waals surface area contributed by atoms with Crippen molar-refractivity contribution in [1.29, 1.82) is 0 Å². The zero-order valence-corrected chi connectivity index (χ0v) is 15.2. The molecule has 0 spiro atoms. The lowest BCUT2D eigenvalue weighted by Crippen LogP contribution is -2.43. The quantitative estimate of drug-likeness (QED) is 0.717. The lowest BCUT2D eigenvalue weighted by atomic mass is 10.1. The monoisotopic (exact) mass is 350 g/mol. The summed E-state index contributed by atoms with van der Waals surface area (Å²) in [4.78, 5) is 24.8. The Balaban J connectivity index is 1.84. The zero-order chi connectivity index (χ0) is 18.7. The van der Waals surface area contributed by atoms with Crippen LogP contribution in [0.4, 0.5) is 5.69 Å². The van der Waals surface area contributed by atoms with E-state index in [1.807, 2.05) is 56.3 Å². The molecule has 1 aromatic heterocycles. The second-order valence-electron chi connectivity index (χ2n) is 6.21. The van der Waals surface area contributed by atoms with Gasteiger partial charge in [-0.15, -0.1) is 0 Å². The molecule has 0 aliphatic heterocycles. The normalized spacial score (nSPS) is 10.7. The van der Waals surface area contributed by atoms with Gasteiger partial charge < -0.3 is 0 Å². The summed E-state index contributed by atoms with van der Waals surface area (Å²) in [6, 6.07) is 15.2. The van der Waals surface area contributed by atoms with Gasteiger partial charge in [-0.2, -0.15) is 5.10 Å². The van der Waals surface area contributed by atoms with Crippen molar-refractivity contribution in [2.75, 3.05) is 11.6 Å². The van der Waals surface area contributed by atoms with Crippen LogP contribution in [0.3, 0.4) is 0 Å². The van der Waals surface area contributed by atoms with Gasteiger partial charge in [-0.1, -0.05) is 35.9 Å². The molecule has 1 amide bonds. The summed E-state index contributed by atoms with van der Waals surface area (Å²) in [6.07, 6.45) is 0.0942. The van der Waals surface area contributed by atoms with Gasteiger partial charge >= 0.3 is 0 Å². The first-order valence-corrected chi connectivity index (χ1v) is 8.58. The number of benzene rings is 2. The molecule has 6 nitrogen and oxygen atoms in total. The van der Waals surface area contributed by atoms with E-state index in [4.69, 9.17) is 0 Å². The molecule has 0 aliphatic rings. The van der Waals surface area contributed by atoms with Crippen molar-refractivity contribution in [3.8, 4) is 0 Å². The highest BCUT2D eigenvalue weighted by atomic mass is 16.2. The maximum atomic E-state index is 12.6. The summed E-state index contributed by atoms with van der Waals surface area (Å²) >= 11 is 0. The van der Waals surface area contributed by atoms with Crippen LogP contribution in [0.5, 0.6) is 0 Å². The SMILES string of the molecule is CCN(NC(=O)Cc1nn(C)c(=O)c2ccccc12)c1ccc(C)cc1. The van der Waals surface area contributed by atoms with E-state index in [9.17, 15) is 9.59 Å². The van der Waals surface area contributed by atoms with Gasteiger partial charge in [0.15, 0.2) is 0 Å². The highest BCUT2D eigenvalue weighted by Gasteiger charge is 2.14. The van der Waals surface area contributed by atoms with E-state index < -0.39 is 0 Å². The molecule has 0 radical (unpaired) electrons. The Morgan fingerprint density at radius 2 is 1.77 bits per heavy atom. The Hall–Kier alpha value is -3.15. The Morgan fingerprint density at radius 3 is 2.42 bits per heavy atom. The highest BCUT2D eigenvalue weighted by molar-refractivity contribution is 5.88. The smallest absolute Gasteiger partial charge is 0.274 e. The Labute approximate surface area is 152 Å². The average molecular weight is 350 g/mol. The van der Waals surface area contributed by atoms with Crippen LogP contribution in [0.2, 0.25) is 0 Å². The van der Waals surface area contributed by atoms with Crippen LogP contribution in [-0.4, -0.2) is 22.2 Å². The third-order valence-corrected chi connectivity index (χ3v) is 4.28. The molecule has 0 aliphatic carbocycles. The van der Waals surface area contributed by atoms with Gasteiger partial charge in [-0.3, -0.25) is 20.0 Å². The van der Waals surface area contributed by atoms with Gasteiger partial charge in [-0.25, -0.2) is 4.68 Å². The average Bonchev–Trinajstić information content (AvgIpc) is 2.65. The minimum atomic E-state index is -0.177. The fourth-order valence-electron chi connectivity index (χ4n) is 2.90. The molecule has 2 aromatic carbocycles. The lowest BCUT2D eigenvalue weighted by Gasteiger charge is -2.24. The summed E-state index contributed by atoms with van der Waals surface area (Å²) in [5.74, 6) is -0.177. The molecule has 0 unspecified atom stereocenters. The van der Waals surface area contributed by atoms with Crippen LogP contribution in [0.1, 0.15) is 18.2 Å². The van der Waals surface area contributed by atoms with E-state index in [0.29, 0.717) is 23.0 Å². The van der Waals surface area contributed by atoms with Crippen LogP contribution < -0.4 is 16.0 Å². The fraction of sp³-hybridized carbons (Fsp3) is 0.250. The molecule has 134 valence electrons. The van der Waals surface area contributed by atoms with E-state index in [1.54, 1.807) is 18.1 Å². The third-order valence-electron chi connectivity index (χ3n) is 4.28. The molecule has 1 heterocycles. The number of hydrogen-bond acceptors (Lipinski definition) is 4. The van der Waals surface area contributed by atoms with Crippen molar-refractivity contribution in [3.05, 3.63) is 70.1 Å². The first-order chi connectivity index (χ1) is 12.5. The van der Waals surface area contributed by atoms with E-state index in [2.05, 4.69) is 10.5 Å². The number of anilines is 1. The van der Waals surface area contributed by atoms with Gasteiger partial charge in [0.05, 0.1) is 23.2 Å². The van der Waals surface area contributed by atoms with Gasteiger partial charge in [-0.05, 0) is 32.0 Å². The molecule has 6 heteroatoms. The molecule has 3 aromatic rings. The van der Waals surface area contributed by atoms with Gasteiger partial charge in [0.1, 0.15) is 0 Å². The lowest BCUT2D eigenvalue weighted by molar-refractivity contribution is -0.120. The number of amides is 1. The molecule has 26 heavy (non-hydrogen) atoms. The predicted molar refractivity (Wildman–Crippen MR) is 103 cm³/mol. The van der Waals surface area contributed by atoms with Crippen molar-refractivity contribution in [3.63, 3.8) is 0 Å². The molecule has 3 rings (SSSR count). The summed E-state index contributed by atoms with van der Waals surface area (Å²) in [5, 5.41) is 7.36. The van der Waals surface area contributed by atoms with E-state index in [1.165, 1.54) is 4.68 Å². The topological polar surface area (TPSA) is 67.2 Å². The van der Waals surface area contributed by atoms with E-state index >= 15 is 0 Å². The fourth-order valence-corrected chi connectivity index (χ4v) is 2.90. The number of nitrogens with one attached hydrogen (secondary N) is 1. The van der Waals surface area contributed by atoms with Crippen molar-refractivity contribution in [2.24, 2.45) is 7.05 Å². The van der Waals surface area contributed by atoms with Crippen molar-refractivity contribution >= 4 is 22.4 Å². The first-order valence-electron chi connectivity index (χ1n) is 8.58. The molecule has 0 atom stereocenters. The minimum Gasteiger partial charge on any atom is -0.286 e. The molecule has 0 fully saturated rings. The van der Waals surface area contributed by atoms with Gasteiger partial charge in [0.25, 0.3) is 5.56 Å². The van der Waals surface area contributed by atoms with Crippen LogP contribution in [0.25, 0.3) is 10.8 Å². The number of fused-ring (bicyclic) bond motifs is 1. The molecule has 1 N–H and O–H groups in total. The minimum absolute atomic E-state index is 0.0942. The van der Waals surface area contributed by atoms with E-state index in [0.717, 1.165) is 11.3 Å². The number of aromatic nitrogens is 2. The Bertz CT molecular complexity index is 993. The predicted octanol–water partition coefficient (Wildman–Crippen LogP) is 2.34. The number of hydrazine groups is 1. The standard InChI is InChI=1S/C20H22N4O2/c1-4-24(15-11-9-14(2)10-12-15)22-19(25)13-18-16-7-5-6-8-17(16)20(26)23(3)21-18/h5-12H,4,13H2,1-3H3,(H,22,25). The van der Waals surface area contributed by atoms with Crippen LogP contribution in [-0.2, 0) is 18.3 Å². The number of rotatable bonds is 5. The van der Waals surface area contributed by atoms with Crippen molar-refractivity contribution in [1.82, 2.24) is 15.2 Å². The third kappa shape index (κ3) is 3.59. The number of carbonyl (C=O) groups is 1. The highest BCUT2D eigenvalue weighted by Crippen LogP contribution is 2.15. The summed E-state index contributed by atoms with van der Waals surface area (Å²) in [5.41, 5.74) is 5.42. The molecule has 0 bridgehead atoms. The Kier molecular flexibility index (Phi) is 5.02.